The minimum absolute atomic E-state index is 0.142. The lowest BCUT2D eigenvalue weighted by molar-refractivity contribution is -0.139. The Hall–Kier alpha value is -1.20. The third kappa shape index (κ3) is 3.04. The molecule has 2 rings (SSSR count). The lowest BCUT2D eigenvalue weighted by Gasteiger charge is -2.30. The number of aliphatic carboxylic acids is 1. The summed E-state index contributed by atoms with van der Waals surface area (Å²) in [5.41, 5.74) is 4.52. The van der Waals surface area contributed by atoms with E-state index in [9.17, 15) is 9.00 Å². The highest BCUT2D eigenvalue weighted by Gasteiger charge is 2.32. The molecule has 0 saturated carbocycles. The van der Waals surface area contributed by atoms with Crippen LogP contribution >= 0.6 is 0 Å². The van der Waals surface area contributed by atoms with E-state index in [-0.39, 0.29) is 11.8 Å². The standard InChI is InChI=1S/C14H19NO3S/c1-8-4-9(2)13(10(3)5-8)11-6-19(18)7-12(15-11)14(16)17/h4-5,11-12,15H,6-7H2,1-3H3,(H,16,17). The van der Waals surface area contributed by atoms with E-state index in [1.165, 1.54) is 5.56 Å². The Bertz CT molecular complexity index is 518. The summed E-state index contributed by atoms with van der Waals surface area (Å²) in [6.45, 7) is 6.07. The molecule has 2 N–H and O–H groups in total. The van der Waals surface area contributed by atoms with Crippen LogP contribution in [0.25, 0.3) is 0 Å². The summed E-state index contributed by atoms with van der Waals surface area (Å²) in [5, 5.41) is 12.2. The molecule has 0 aromatic heterocycles. The molecule has 3 unspecified atom stereocenters. The minimum atomic E-state index is -1.09. The molecule has 19 heavy (non-hydrogen) atoms. The minimum Gasteiger partial charge on any atom is -0.480 e. The maximum atomic E-state index is 11.9. The van der Waals surface area contributed by atoms with Crippen LogP contribution < -0.4 is 5.32 Å². The summed E-state index contributed by atoms with van der Waals surface area (Å²) < 4.78 is 11.9. The number of carboxylic acid groups (broad SMARTS) is 1. The first-order valence-corrected chi connectivity index (χ1v) is 7.79. The van der Waals surface area contributed by atoms with Gasteiger partial charge < -0.3 is 5.11 Å². The Morgan fingerprint density at radius 2 is 1.84 bits per heavy atom. The molecule has 0 aliphatic carbocycles. The van der Waals surface area contributed by atoms with Crippen LogP contribution in [0.5, 0.6) is 0 Å². The molecule has 1 fully saturated rings. The van der Waals surface area contributed by atoms with Crippen molar-refractivity contribution in [1.29, 1.82) is 0 Å². The molecule has 0 amide bonds. The van der Waals surface area contributed by atoms with Gasteiger partial charge >= 0.3 is 5.97 Å². The lowest BCUT2D eigenvalue weighted by atomic mass is 9.94. The Morgan fingerprint density at radius 1 is 1.26 bits per heavy atom. The Morgan fingerprint density at radius 3 is 2.37 bits per heavy atom. The zero-order valence-electron chi connectivity index (χ0n) is 11.4. The molecule has 104 valence electrons. The van der Waals surface area contributed by atoms with Crippen LogP contribution in [0.15, 0.2) is 12.1 Å². The van der Waals surface area contributed by atoms with E-state index in [2.05, 4.69) is 17.4 Å². The monoisotopic (exact) mass is 281 g/mol. The van der Waals surface area contributed by atoms with Gasteiger partial charge in [-0.2, -0.15) is 0 Å². The van der Waals surface area contributed by atoms with Crippen molar-refractivity contribution in [3.05, 3.63) is 34.4 Å². The molecule has 1 aliphatic rings. The largest absolute Gasteiger partial charge is 0.480 e. The van der Waals surface area contributed by atoms with Gasteiger partial charge in [-0.1, -0.05) is 17.7 Å². The number of rotatable bonds is 2. The van der Waals surface area contributed by atoms with Crippen LogP contribution in [0.3, 0.4) is 0 Å². The van der Waals surface area contributed by atoms with Gasteiger partial charge in [-0.05, 0) is 37.5 Å². The number of nitrogens with one attached hydrogen (secondary N) is 1. The topological polar surface area (TPSA) is 66.4 Å². The summed E-state index contributed by atoms with van der Waals surface area (Å²) in [7, 11) is -1.09. The first-order chi connectivity index (χ1) is 8.88. The van der Waals surface area contributed by atoms with E-state index in [0.29, 0.717) is 5.75 Å². The van der Waals surface area contributed by atoms with Crippen molar-refractivity contribution in [3.63, 3.8) is 0 Å². The predicted octanol–water partition coefficient (Wildman–Crippen LogP) is 1.46. The van der Waals surface area contributed by atoms with Gasteiger partial charge in [-0.25, -0.2) is 0 Å². The summed E-state index contributed by atoms with van der Waals surface area (Å²) in [5.74, 6) is -0.259. The highest BCUT2D eigenvalue weighted by molar-refractivity contribution is 7.85. The normalized spacial score (nSPS) is 27.2. The van der Waals surface area contributed by atoms with Gasteiger partial charge in [0.1, 0.15) is 6.04 Å². The SMILES string of the molecule is Cc1cc(C)c(C2CS(=O)CC(C(=O)O)N2)c(C)c1. The molecular weight excluding hydrogens is 262 g/mol. The molecule has 0 bridgehead atoms. The number of carboxylic acids is 1. The highest BCUT2D eigenvalue weighted by Crippen LogP contribution is 2.27. The number of benzene rings is 1. The van der Waals surface area contributed by atoms with Crippen molar-refractivity contribution in [2.45, 2.75) is 32.9 Å². The fourth-order valence-corrected chi connectivity index (χ4v) is 4.21. The fraction of sp³-hybridized carbons (Fsp3) is 0.500. The number of hydrogen-bond acceptors (Lipinski definition) is 3. The maximum absolute atomic E-state index is 11.9. The molecule has 0 radical (unpaired) electrons. The Labute approximate surface area is 115 Å². The van der Waals surface area contributed by atoms with E-state index in [4.69, 9.17) is 5.11 Å². The quantitative estimate of drug-likeness (QED) is 0.861. The van der Waals surface area contributed by atoms with Gasteiger partial charge in [0.25, 0.3) is 0 Å². The van der Waals surface area contributed by atoms with Gasteiger partial charge in [0.15, 0.2) is 0 Å². The van der Waals surface area contributed by atoms with Gasteiger partial charge in [0.2, 0.25) is 0 Å². The lowest BCUT2D eigenvalue weighted by Crippen LogP contribution is -2.49. The van der Waals surface area contributed by atoms with Gasteiger partial charge in [-0.15, -0.1) is 0 Å². The van der Waals surface area contributed by atoms with Crippen molar-refractivity contribution in [3.8, 4) is 0 Å². The average Bonchev–Trinajstić information content (AvgIpc) is 2.26. The Kier molecular flexibility index (Phi) is 4.06. The first-order valence-electron chi connectivity index (χ1n) is 6.30. The number of hydrogen-bond donors (Lipinski definition) is 2. The molecule has 0 spiro atoms. The maximum Gasteiger partial charge on any atom is 0.321 e. The molecule has 1 aromatic carbocycles. The summed E-state index contributed by atoms with van der Waals surface area (Å²) in [6.07, 6.45) is 0. The van der Waals surface area contributed by atoms with Gasteiger partial charge in [0.05, 0.1) is 0 Å². The number of aryl methyl sites for hydroxylation is 3. The van der Waals surface area contributed by atoms with Crippen molar-refractivity contribution in [2.24, 2.45) is 0 Å². The van der Waals surface area contributed by atoms with E-state index in [1.807, 2.05) is 20.8 Å². The third-order valence-corrected chi connectivity index (χ3v) is 4.90. The molecule has 1 heterocycles. The molecule has 3 atom stereocenters. The summed E-state index contributed by atoms with van der Waals surface area (Å²) in [4.78, 5) is 11.1. The van der Waals surface area contributed by atoms with E-state index < -0.39 is 22.8 Å². The second-order valence-electron chi connectivity index (χ2n) is 5.20. The van der Waals surface area contributed by atoms with Crippen LogP contribution in [-0.4, -0.2) is 32.8 Å². The number of carbonyl (C=O) groups is 1. The average molecular weight is 281 g/mol. The zero-order chi connectivity index (χ0) is 14.2. The van der Waals surface area contributed by atoms with Crippen LogP contribution in [0.1, 0.15) is 28.3 Å². The smallest absolute Gasteiger partial charge is 0.321 e. The molecule has 1 aromatic rings. The van der Waals surface area contributed by atoms with E-state index in [0.717, 1.165) is 16.7 Å². The molecule has 5 heteroatoms. The molecule has 1 saturated heterocycles. The van der Waals surface area contributed by atoms with Gasteiger partial charge in [-0.3, -0.25) is 14.3 Å². The highest BCUT2D eigenvalue weighted by atomic mass is 32.2. The molecular formula is C14H19NO3S. The molecule has 4 nitrogen and oxygen atoms in total. The predicted molar refractivity (Wildman–Crippen MR) is 75.8 cm³/mol. The van der Waals surface area contributed by atoms with Crippen molar-refractivity contribution in [1.82, 2.24) is 5.32 Å². The fourth-order valence-electron chi connectivity index (χ4n) is 2.83. The third-order valence-electron chi connectivity index (χ3n) is 3.49. The van der Waals surface area contributed by atoms with Crippen LogP contribution in [0.4, 0.5) is 0 Å². The van der Waals surface area contributed by atoms with Crippen LogP contribution in [-0.2, 0) is 15.6 Å². The zero-order valence-corrected chi connectivity index (χ0v) is 12.2. The summed E-state index contributed by atoms with van der Waals surface area (Å²) >= 11 is 0. The van der Waals surface area contributed by atoms with Crippen molar-refractivity contribution < 1.29 is 14.1 Å². The van der Waals surface area contributed by atoms with Crippen LogP contribution in [0.2, 0.25) is 0 Å². The van der Waals surface area contributed by atoms with E-state index in [1.54, 1.807) is 0 Å². The second-order valence-corrected chi connectivity index (χ2v) is 6.74. The van der Waals surface area contributed by atoms with Crippen molar-refractivity contribution in [2.75, 3.05) is 11.5 Å². The Balaban J connectivity index is 2.36. The van der Waals surface area contributed by atoms with Gasteiger partial charge in [0, 0.05) is 28.3 Å². The first kappa shape index (κ1) is 14.2. The van der Waals surface area contributed by atoms with E-state index >= 15 is 0 Å². The van der Waals surface area contributed by atoms with Crippen LogP contribution in [0, 0.1) is 20.8 Å². The van der Waals surface area contributed by atoms with Crippen molar-refractivity contribution >= 4 is 16.8 Å². The summed E-state index contributed by atoms with van der Waals surface area (Å²) in [6, 6.07) is 3.30. The molecule has 1 aliphatic heterocycles. The second kappa shape index (κ2) is 5.43.